The van der Waals surface area contributed by atoms with Gasteiger partial charge in [0.15, 0.2) is 5.82 Å². The summed E-state index contributed by atoms with van der Waals surface area (Å²) in [6, 6.07) is 2.03. The average molecular weight is 276 g/mol. The number of halogens is 3. The van der Waals surface area contributed by atoms with Crippen molar-refractivity contribution in [1.82, 2.24) is 0 Å². The number of nitrogens with one attached hydrogen (secondary N) is 1. The minimum Gasteiger partial charge on any atom is -0.379 e. The monoisotopic (exact) mass is 275 g/mol. The predicted octanol–water partition coefficient (Wildman–Crippen LogP) is 3.99. The van der Waals surface area contributed by atoms with E-state index in [9.17, 15) is 8.78 Å². The zero-order valence-corrected chi connectivity index (χ0v) is 11.1. The summed E-state index contributed by atoms with van der Waals surface area (Å²) in [6.07, 6.45) is 1.79. The van der Waals surface area contributed by atoms with E-state index in [0.717, 1.165) is 25.0 Å². The second-order valence-corrected chi connectivity index (χ2v) is 5.22. The Morgan fingerprint density at radius 2 is 1.83 bits per heavy atom. The lowest BCUT2D eigenvalue weighted by Gasteiger charge is -2.33. The van der Waals surface area contributed by atoms with Gasteiger partial charge in [-0.25, -0.2) is 8.78 Å². The highest BCUT2D eigenvalue weighted by molar-refractivity contribution is 6.33. The molecule has 100 valence electrons. The number of rotatable bonds is 2. The van der Waals surface area contributed by atoms with Gasteiger partial charge in [0.1, 0.15) is 5.82 Å². The van der Waals surface area contributed by atoms with Crippen molar-refractivity contribution in [1.29, 1.82) is 0 Å². The van der Waals surface area contributed by atoms with E-state index in [4.69, 9.17) is 16.3 Å². The molecule has 1 N–H and O–H groups in total. The summed E-state index contributed by atoms with van der Waals surface area (Å²) in [7, 11) is 0. The molecule has 2 unspecified atom stereocenters. The highest BCUT2D eigenvalue weighted by Crippen LogP contribution is 2.30. The standard InChI is InChI=1S/C13H16ClF2NO/c1-7-3-10(4-8(2)18-7)17-13-11(14)5-9(15)6-12(13)16/h5-8,10,17H,3-4H2,1-2H3. The summed E-state index contributed by atoms with van der Waals surface area (Å²) in [5.41, 5.74) is 0.171. The van der Waals surface area contributed by atoms with Crippen molar-refractivity contribution < 1.29 is 13.5 Å². The number of hydrogen-bond donors (Lipinski definition) is 1. The summed E-state index contributed by atoms with van der Waals surface area (Å²) >= 11 is 5.85. The van der Waals surface area contributed by atoms with Gasteiger partial charge in [0.05, 0.1) is 22.9 Å². The van der Waals surface area contributed by atoms with Gasteiger partial charge in [0.2, 0.25) is 0 Å². The molecular formula is C13H16ClF2NO. The maximum atomic E-state index is 13.6. The van der Waals surface area contributed by atoms with Gasteiger partial charge in [-0.1, -0.05) is 11.6 Å². The fourth-order valence-electron chi connectivity index (χ4n) is 2.41. The Bertz CT molecular complexity index is 408. The maximum Gasteiger partial charge on any atom is 0.150 e. The van der Waals surface area contributed by atoms with Crippen LogP contribution in [0.2, 0.25) is 5.02 Å². The van der Waals surface area contributed by atoms with E-state index in [0.29, 0.717) is 0 Å². The van der Waals surface area contributed by atoms with Crippen molar-refractivity contribution in [3.8, 4) is 0 Å². The quantitative estimate of drug-likeness (QED) is 0.881. The van der Waals surface area contributed by atoms with Crippen molar-refractivity contribution in [3.63, 3.8) is 0 Å². The zero-order valence-electron chi connectivity index (χ0n) is 10.3. The molecule has 1 aliphatic heterocycles. The first-order chi connectivity index (χ1) is 8.45. The molecule has 0 aliphatic carbocycles. The lowest BCUT2D eigenvalue weighted by Crippen LogP contribution is -2.37. The summed E-state index contributed by atoms with van der Waals surface area (Å²) in [6.45, 7) is 3.96. The third-order valence-corrected chi connectivity index (χ3v) is 3.35. The molecule has 18 heavy (non-hydrogen) atoms. The molecule has 1 aliphatic rings. The van der Waals surface area contributed by atoms with E-state index in [-0.39, 0.29) is 29.0 Å². The van der Waals surface area contributed by atoms with Crippen molar-refractivity contribution >= 4 is 17.3 Å². The third-order valence-electron chi connectivity index (χ3n) is 3.05. The van der Waals surface area contributed by atoms with Gasteiger partial charge in [-0.05, 0) is 32.8 Å². The molecule has 2 atom stereocenters. The van der Waals surface area contributed by atoms with Gasteiger partial charge in [-0.2, -0.15) is 0 Å². The molecule has 0 bridgehead atoms. The first kappa shape index (κ1) is 13.6. The van der Waals surface area contributed by atoms with Gasteiger partial charge in [0.25, 0.3) is 0 Å². The van der Waals surface area contributed by atoms with E-state index < -0.39 is 11.6 Å². The number of anilines is 1. The van der Waals surface area contributed by atoms with Crippen LogP contribution in [-0.4, -0.2) is 18.2 Å². The first-order valence-corrected chi connectivity index (χ1v) is 6.40. The van der Waals surface area contributed by atoms with Crippen molar-refractivity contribution in [2.24, 2.45) is 0 Å². The van der Waals surface area contributed by atoms with E-state index in [1.165, 1.54) is 0 Å². The van der Waals surface area contributed by atoms with Crippen LogP contribution in [0.25, 0.3) is 0 Å². The van der Waals surface area contributed by atoms with Gasteiger partial charge < -0.3 is 10.1 Å². The molecule has 0 spiro atoms. The fourth-order valence-corrected chi connectivity index (χ4v) is 2.66. The molecular weight excluding hydrogens is 260 g/mol. The highest BCUT2D eigenvalue weighted by atomic mass is 35.5. The minimum absolute atomic E-state index is 0.0688. The fraction of sp³-hybridized carbons (Fsp3) is 0.538. The van der Waals surface area contributed by atoms with Crippen molar-refractivity contribution in [3.05, 3.63) is 28.8 Å². The van der Waals surface area contributed by atoms with Gasteiger partial charge in [0, 0.05) is 12.1 Å². The van der Waals surface area contributed by atoms with Crippen LogP contribution in [0.4, 0.5) is 14.5 Å². The molecule has 0 saturated carbocycles. The Morgan fingerprint density at radius 1 is 1.22 bits per heavy atom. The summed E-state index contributed by atoms with van der Waals surface area (Å²) in [4.78, 5) is 0. The van der Waals surface area contributed by atoms with Crippen LogP contribution in [0.15, 0.2) is 12.1 Å². The second kappa shape index (κ2) is 5.41. The smallest absolute Gasteiger partial charge is 0.150 e. The summed E-state index contributed by atoms with van der Waals surface area (Å²) in [5.74, 6) is -1.33. The van der Waals surface area contributed by atoms with E-state index in [1.54, 1.807) is 0 Å². The zero-order chi connectivity index (χ0) is 13.3. The minimum atomic E-state index is -0.670. The van der Waals surface area contributed by atoms with Crippen LogP contribution in [0.3, 0.4) is 0 Å². The molecule has 2 rings (SSSR count). The van der Waals surface area contributed by atoms with Gasteiger partial charge in [-0.3, -0.25) is 0 Å². The maximum absolute atomic E-state index is 13.6. The summed E-state index contributed by atoms with van der Waals surface area (Å²) < 4.78 is 32.2. The molecule has 0 radical (unpaired) electrons. The van der Waals surface area contributed by atoms with Crippen LogP contribution < -0.4 is 5.32 Å². The molecule has 0 amide bonds. The lowest BCUT2D eigenvalue weighted by molar-refractivity contribution is -0.0338. The number of benzene rings is 1. The number of ether oxygens (including phenoxy) is 1. The molecule has 0 aromatic heterocycles. The summed E-state index contributed by atoms with van der Waals surface area (Å²) in [5, 5.41) is 3.12. The first-order valence-electron chi connectivity index (χ1n) is 6.02. The van der Waals surface area contributed by atoms with Gasteiger partial charge >= 0.3 is 0 Å². The van der Waals surface area contributed by atoms with Crippen molar-refractivity contribution in [2.75, 3.05) is 5.32 Å². The topological polar surface area (TPSA) is 21.3 Å². The molecule has 1 aromatic rings. The van der Waals surface area contributed by atoms with Crippen LogP contribution >= 0.6 is 11.6 Å². The van der Waals surface area contributed by atoms with Crippen LogP contribution in [0.5, 0.6) is 0 Å². The van der Waals surface area contributed by atoms with Crippen molar-refractivity contribution in [2.45, 2.75) is 44.9 Å². The molecule has 1 aromatic carbocycles. The lowest BCUT2D eigenvalue weighted by atomic mass is 9.99. The van der Waals surface area contributed by atoms with E-state index in [1.807, 2.05) is 13.8 Å². The molecule has 2 nitrogen and oxygen atoms in total. The third kappa shape index (κ3) is 3.12. The highest BCUT2D eigenvalue weighted by Gasteiger charge is 2.25. The molecule has 1 fully saturated rings. The normalized spacial score (nSPS) is 28.2. The average Bonchev–Trinajstić information content (AvgIpc) is 2.22. The van der Waals surface area contributed by atoms with E-state index in [2.05, 4.69) is 5.32 Å². The Labute approximate surface area is 110 Å². The van der Waals surface area contributed by atoms with Crippen LogP contribution in [0.1, 0.15) is 26.7 Å². The Morgan fingerprint density at radius 3 is 2.39 bits per heavy atom. The van der Waals surface area contributed by atoms with Crippen LogP contribution in [0, 0.1) is 11.6 Å². The Hall–Kier alpha value is -0.870. The SMILES string of the molecule is CC1CC(Nc2c(F)cc(F)cc2Cl)CC(C)O1. The van der Waals surface area contributed by atoms with E-state index >= 15 is 0 Å². The van der Waals surface area contributed by atoms with Crippen LogP contribution in [-0.2, 0) is 4.74 Å². The molecule has 1 heterocycles. The Kier molecular flexibility index (Phi) is 4.07. The second-order valence-electron chi connectivity index (χ2n) is 4.81. The predicted molar refractivity (Wildman–Crippen MR) is 68.0 cm³/mol. The largest absolute Gasteiger partial charge is 0.379 e. The Balaban J connectivity index is 2.14. The van der Waals surface area contributed by atoms with Gasteiger partial charge in [-0.15, -0.1) is 0 Å². The molecule has 1 saturated heterocycles. The molecule has 5 heteroatoms. The number of hydrogen-bond acceptors (Lipinski definition) is 2.